The van der Waals surface area contributed by atoms with Gasteiger partial charge in [0.25, 0.3) is 11.8 Å². The van der Waals surface area contributed by atoms with Gasteiger partial charge in [-0.1, -0.05) is 35.3 Å². The third-order valence-corrected chi connectivity index (χ3v) is 6.47. The Morgan fingerprint density at radius 2 is 1.74 bits per heavy atom. The lowest BCUT2D eigenvalue weighted by molar-refractivity contribution is -0.136. The van der Waals surface area contributed by atoms with Crippen molar-refractivity contribution in [3.63, 3.8) is 0 Å². The maximum atomic E-state index is 13.0. The minimum atomic E-state index is -4.29. The molecule has 2 aromatic rings. The van der Waals surface area contributed by atoms with Crippen molar-refractivity contribution in [1.82, 2.24) is 15.1 Å². The lowest BCUT2D eigenvalue weighted by Gasteiger charge is -2.35. The van der Waals surface area contributed by atoms with Gasteiger partial charge in [-0.25, -0.2) is 0 Å². The molecule has 182 valence electrons. The predicted octanol–water partition coefficient (Wildman–Crippen LogP) is 4.18. The molecule has 2 aromatic carbocycles. The molecule has 2 heterocycles. The summed E-state index contributed by atoms with van der Waals surface area (Å²) < 4.78 is 44.5. The number of nitrogens with zero attached hydrogens (tertiary/aromatic N) is 2. The smallest absolute Gasteiger partial charge is 0.377 e. The Morgan fingerprint density at radius 1 is 1.09 bits per heavy atom. The molecule has 2 saturated heterocycles. The third kappa shape index (κ3) is 5.33. The summed E-state index contributed by atoms with van der Waals surface area (Å²) in [4.78, 5) is 28.5. The number of hydrogen-bond acceptors (Lipinski definition) is 4. The molecular weight excluding hydrogens is 494 g/mol. The van der Waals surface area contributed by atoms with Crippen molar-refractivity contribution in [1.29, 1.82) is 0 Å². The van der Waals surface area contributed by atoms with Crippen molar-refractivity contribution in [2.75, 3.05) is 33.4 Å². The van der Waals surface area contributed by atoms with Crippen LogP contribution in [-0.2, 0) is 4.74 Å². The molecule has 4 atom stereocenters. The number of hydrogen-bond donors (Lipinski definition) is 1. The number of morpholine rings is 1. The van der Waals surface area contributed by atoms with E-state index in [-0.39, 0.29) is 19.1 Å². The lowest BCUT2D eigenvalue weighted by atomic mass is 10.1. The van der Waals surface area contributed by atoms with Crippen molar-refractivity contribution in [2.24, 2.45) is 0 Å². The van der Waals surface area contributed by atoms with Crippen LogP contribution in [0.1, 0.15) is 32.3 Å². The second kappa shape index (κ2) is 9.73. The Bertz CT molecular complexity index is 1060. The maximum Gasteiger partial charge on any atom is 0.405 e. The van der Waals surface area contributed by atoms with Gasteiger partial charge in [0.15, 0.2) is 0 Å². The summed E-state index contributed by atoms with van der Waals surface area (Å²) in [5.41, 5.74) is 1.15. The largest absolute Gasteiger partial charge is 0.405 e. The van der Waals surface area contributed by atoms with Gasteiger partial charge in [0.2, 0.25) is 0 Å². The van der Waals surface area contributed by atoms with Gasteiger partial charge in [0.05, 0.1) is 25.3 Å². The molecule has 2 aliphatic heterocycles. The molecular formula is C23H22Cl2F3N3O3. The van der Waals surface area contributed by atoms with E-state index in [0.29, 0.717) is 39.9 Å². The number of likely N-dealkylation sites (N-methyl/N-ethyl adjacent to an activating group) is 1. The summed E-state index contributed by atoms with van der Waals surface area (Å²) in [7, 11) is 1.42. The van der Waals surface area contributed by atoms with Crippen LogP contribution >= 0.6 is 23.2 Å². The fraction of sp³-hybridized carbons (Fsp3) is 0.391. The van der Waals surface area contributed by atoms with Gasteiger partial charge in [-0.05, 0) is 42.9 Å². The van der Waals surface area contributed by atoms with E-state index in [2.05, 4.69) is 5.32 Å². The van der Waals surface area contributed by atoms with E-state index in [9.17, 15) is 22.8 Å². The molecule has 1 N–H and O–H groups in total. The van der Waals surface area contributed by atoms with Gasteiger partial charge in [-0.2, -0.15) is 13.2 Å². The summed E-state index contributed by atoms with van der Waals surface area (Å²) >= 11 is 12.0. The molecule has 3 unspecified atom stereocenters. The van der Waals surface area contributed by atoms with Crippen LogP contribution in [0.3, 0.4) is 0 Å². The van der Waals surface area contributed by atoms with Crippen LogP contribution in [0.4, 0.5) is 13.2 Å². The van der Waals surface area contributed by atoms with Gasteiger partial charge in [0.1, 0.15) is 6.04 Å². The summed E-state index contributed by atoms with van der Waals surface area (Å²) in [6.45, 7) is 1.09. The minimum absolute atomic E-state index is 0.141. The van der Waals surface area contributed by atoms with E-state index in [1.807, 2.05) is 0 Å². The first-order chi connectivity index (χ1) is 16.1. The maximum absolute atomic E-state index is 13.0. The topological polar surface area (TPSA) is 61.7 Å². The fourth-order valence-electron chi connectivity index (χ4n) is 4.25. The average Bonchev–Trinajstić information content (AvgIpc) is 3.48. The molecule has 6 nitrogen and oxygen atoms in total. The normalized spacial score (nSPS) is 24.6. The van der Waals surface area contributed by atoms with Crippen molar-refractivity contribution < 1.29 is 27.5 Å². The zero-order valence-electron chi connectivity index (χ0n) is 18.1. The molecule has 4 rings (SSSR count). The highest BCUT2D eigenvalue weighted by molar-refractivity contribution is 6.35. The van der Waals surface area contributed by atoms with Crippen molar-refractivity contribution in [3.8, 4) is 0 Å². The Labute approximate surface area is 204 Å². The van der Waals surface area contributed by atoms with Gasteiger partial charge in [0, 0.05) is 34.3 Å². The van der Waals surface area contributed by atoms with Crippen LogP contribution in [0, 0.1) is 0 Å². The molecule has 0 bridgehead atoms. The van der Waals surface area contributed by atoms with Crippen molar-refractivity contribution in [2.45, 2.75) is 24.3 Å². The third-order valence-electron chi connectivity index (χ3n) is 6.03. The van der Waals surface area contributed by atoms with Gasteiger partial charge < -0.3 is 15.0 Å². The zero-order valence-corrected chi connectivity index (χ0v) is 19.6. The number of alkyl halides is 3. The second-order valence-electron chi connectivity index (χ2n) is 8.31. The van der Waals surface area contributed by atoms with Gasteiger partial charge >= 0.3 is 6.18 Å². The fourth-order valence-corrected chi connectivity index (χ4v) is 4.77. The predicted molar refractivity (Wildman–Crippen MR) is 121 cm³/mol. The second-order valence-corrected chi connectivity index (χ2v) is 9.19. The molecule has 34 heavy (non-hydrogen) atoms. The van der Waals surface area contributed by atoms with E-state index in [1.165, 1.54) is 54.4 Å². The first-order valence-corrected chi connectivity index (χ1v) is 11.3. The van der Waals surface area contributed by atoms with Crippen LogP contribution in [-0.4, -0.2) is 73.2 Å². The number of amides is 2. The van der Waals surface area contributed by atoms with E-state index in [0.717, 1.165) is 0 Å². The first-order valence-electron chi connectivity index (χ1n) is 10.6. The SMILES string of the molecule is C[N@]1C(c2ccc(C(=O)NCC3COCCN3C(=O)c3cc(Cl)cc(Cl)c3)cc2)C1C(F)(F)F. The number of carbonyl (C=O) groups is 2. The molecule has 0 spiro atoms. The lowest BCUT2D eigenvalue weighted by Crippen LogP contribution is -2.53. The van der Waals surface area contributed by atoms with Crippen LogP contribution in [0.2, 0.25) is 10.0 Å². The van der Waals surface area contributed by atoms with E-state index >= 15 is 0 Å². The first kappa shape index (κ1) is 24.8. The Kier molecular flexibility index (Phi) is 7.09. The van der Waals surface area contributed by atoms with Crippen LogP contribution in [0.25, 0.3) is 0 Å². The molecule has 0 aromatic heterocycles. The summed E-state index contributed by atoms with van der Waals surface area (Å²) in [5, 5.41) is 3.47. The van der Waals surface area contributed by atoms with Gasteiger partial charge in [-0.3, -0.25) is 14.5 Å². The Hall–Kier alpha value is -2.33. The molecule has 0 radical (unpaired) electrons. The standard InChI is InChI=1S/C23H22Cl2F3N3O3/c1-30-19(20(30)23(26,27)28)13-2-4-14(5-3-13)21(32)29-11-18-12-34-7-6-31(18)22(33)15-8-16(24)10-17(25)9-15/h2-5,8-10,18-20H,6-7,11-12H2,1H3,(H,29,32)/t18?,19?,20?,30-/m1/s1. The highest BCUT2D eigenvalue weighted by atomic mass is 35.5. The Morgan fingerprint density at radius 3 is 2.32 bits per heavy atom. The summed E-state index contributed by atoms with van der Waals surface area (Å²) in [6.07, 6.45) is -4.29. The minimum Gasteiger partial charge on any atom is -0.377 e. The summed E-state index contributed by atoms with van der Waals surface area (Å²) in [6, 6.07) is 8.01. The van der Waals surface area contributed by atoms with E-state index < -0.39 is 30.2 Å². The van der Waals surface area contributed by atoms with Crippen molar-refractivity contribution >= 4 is 35.0 Å². The molecule has 2 aliphatic rings. The quantitative estimate of drug-likeness (QED) is 0.606. The number of ether oxygens (including phenoxy) is 1. The van der Waals surface area contributed by atoms with Gasteiger partial charge in [-0.15, -0.1) is 0 Å². The molecule has 2 fully saturated rings. The Balaban J connectivity index is 1.38. The number of rotatable bonds is 5. The molecule has 11 heteroatoms. The van der Waals surface area contributed by atoms with Crippen LogP contribution < -0.4 is 5.32 Å². The number of halogens is 5. The number of nitrogens with one attached hydrogen (secondary N) is 1. The zero-order chi connectivity index (χ0) is 24.6. The number of carbonyl (C=O) groups excluding carboxylic acids is 2. The highest BCUT2D eigenvalue weighted by Crippen LogP contribution is 2.49. The molecule has 0 saturated carbocycles. The molecule has 2 amide bonds. The highest BCUT2D eigenvalue weighted by Gasteiger charge is 2.61. The van der Waals surface area contributed by atoms with Crippen LogP contribution in [0.5, 0.6) is 0 Å². The number of benzene rings is 2. The van der Waals surface area contributed by atoms with Crippen LogP contribution in [0.15, 0.2) is 42.5 Å². The average molecular weight is 516 g/mol. The molecule has 0 aliphatic carbocycles. The van der Waals surface area contributed by atoms with E-state index in [4.69, 9.17) is 27.9 Å². The monoisotopic (exact) mass is 515 g/mol. The summed E-state index contributed by atoms with van der Waals surface area (Å²) in [5.74, 6) is -0.670. The van der Waals surface area contributed by atoms with Crippen molar-refractivity contribution in [3.05, 3.63) is 69.2 Å². The van der Waals surface area contributed by atoms with E-state index in [1.54, 1.807) is 4.90 Å².